The van der Waals surface area contributed by atoms with Gasteiger partial charge in [0.15, 0.2) is 0 Å². The van der Waals surface area contributed by atoms with Gasteiger partial charge in [-0.3, -0.25) is 24.5 Å². The van der Waals surface area contributed by atoms with E-state index >= 15 is 0 Å². The van der Waals surface area contributed by atoms with Crippen molar-refractivity contribution in [3.8, 4) is 0 Å². The Morgan fingerprint density at radius 3 is 2.16 bits per heavy atom. The number of nitrogens with zero attached hydrogens (tertiary/aromatic N) is 2. The Kier molecular flexibility index (Phi) is 8.62. The number of hydroxylamine groups is 2. The third kappa shape index (κ3) is 6.62. The van der Waals surface area contributed by atoms with Crippen molar-refractivity contribution >= 4 is 29.6 Å². The van der Waals surface area contributed by atoms with Crippen LogP contribution in [0.3, 0.4) is 0 Å². The van der Waals surface area contributed by atoms with E-state index in [0.29, 0.717) is 10.6 Å². The van der Waals surface area contributed by atoms with Crippen molar-refractivity contribution in [3.05, 3.63) is 112 Å². The molecule has 5 rings (SSSR count). The van der Waals surface area contributed by atoms with Gasteiger partial charge >= 0.3 is 23.8 Å². The van der Waals surface area contributed by atoms with Crippen molar-refractivity contribution in [2.45, 2.75) is 37.8 Å². The van der Waals surface area contributed by atoms with E-state index in [-0.39, 0.29) is 38.3 Å². The minimum atomic E-state index is -2.27. The number of alkyl carbamates (subject to hydrolysis) is 1. The van der Waals surface area contributed by atoms with Gasteiger partial charge < -0.3 is 19.5 Å². The number of cyclic esters (lactones) is 1. The van der Waals surface area contributed by atoms with Crippen LogP contribution in [-0.4, -0.2) is 52.3 Å². The number of nitro groups is 1. The zero-order valence-electron chi connectivity index (χ0n) is 22.8. The van der Waals surface area contributed by atoms with Crippen molar-refractivity contribution in [2.75, 3.05) is 6.61 Å². The molecule has 0 aliphatic carbocycles. The summed E-state index contributed by atoms with van der Waals surface area (Å²) in [6, 6.07) is 22.1. The van der Waals surface area contributed by atoms with Crippen LogP contribution in [-0.2, 0) is 53.1 Å². The van der Waals surface area contributed by atoms with Crippen LogP contribution in [0.5, 0.6) is 0 Å². The average Bonchev–Trinajstić information content (AvgIpc) is 3.55. The van der Waals surface area contributed by atoms with E-state index in [2.05, 4.69) is 5.32 Å². The molecule has 3 atom stereocenters. The van der Waals surface area contributed by atoms with E-state index < -0.39 is 46.5 Å². The molecule has 2 unspecified atom stereocenters. The zero-order valence-corrected chi connectivity index (χ0v) is 22.8. The molecular weight excluding hydrogens is 562 g/mol. The second-order valence-corrected chi connectivity index (χ2v) is 9.98. The van der Waals surface area contributed by atoms with Crippen LogP contribution in [0.1, 0.15) is 23.1 Å². The Morgan fingerprint density at radius 2 is 1.51 bits per heavy atom. The first-order chi connectivity index (χ1) is 20.7. The quantitative estimate of drug-likeness (QED) is 0.161. The van der Waals surface area contributed by atoms with E-state index in [1.165, 1.54) is 24.3 Å². The van der Waals surface area contributed by atoms with E-state index in [4.69, 9.17) is 19.0 Å². The number of nitrogens with one attached hydrogen (secondary N) is 1. The lowest BCUT2D eigenvalue weighted by molar-refractivity contribution is -0.384. The highest BCUT2D eigenvalue weighted by atomic mass is 16.8. The second-order valence-electron chi connectivity index (χ2n) is 9.98. The van der Waals surface area contributed by atoms with Crippen molar-refractivity contribution in [3.63, 3.8) is 0 Å². The number of rotatable bonds is 10. The summed E-state index contributed by atoms with van der Waals surface area (Å²) in [6.45, 7) is -0.706. The summed E-state index contributed by atoms with van der Waals surface area (Å²) >= 11 is 0. The second kappa shape index (κ2) is 12.7. The maximum Gasteiger partial charge on any atom is 0.408 e. The molecule has 2 amide bonds. The molecule has 2 saturated heterocycles. The summed E-state index contributed by atoms with van der Waals surface area (Å²) in [6.07, 6.45) is -0.920. The smallest absolute Gasteiger partial charge is 0.408 e. The first-order valence-corrected chi connectivity index (χ1v) is 13.4. The van der Waals surface area contributed by atoms with Crippen LogP contribution in [0.4, 0.5) is 10.5 Å². The molecule has 222 valence electrons. The standard InChI is InChI=1S/C30H27N3O10/c34-26-25(31-29(37)41-18-21-9-5-2-6-10-21)19-42-32(26)30(16-23(27(35)43-30)15-20-7-3-1-4-8-20)28(36)40-17-22-11-13-24(14-12-22)33(38)39/h1-14,23,25H,15-19H2,(H,31,37)/t23?,25-,30?/m0/s1. The molecule has 0 spiro atoms. The molecule has 2 aliphatic heterocycles. The molecule has 0 aromatic heterocycles. The summed E-state index contributed by atoms with van der Waals surface area (Å²) < 4.78 is 16.2. The third-order valence-electron chi connectivity index (χ3n) is 6.99. The van der Waals surface area contributed by atoms with E-state index in [1.54, 1.807) is 24.3 Å². The Labute approximate surface area is 245 Å². The lowest BCUT2D eigenvalue weighted by Gasteiger charge is -2.32. The van der Waals surface area contributed by atoms with Crippen LogP contribution in [0.15, 0.2) is 84.9 Å². The predicted molar refractivity (Wildman–Crippen MR) is 146 cm³/mol. The molecule has 3 aromatic carbocycles. The molecule has 1 N–H and O–H groups in total. The number of benzene rings is 3. The fourth-order valence-corrected chi connectivity index (χ4v) is 4.79. The third-order valence-corrected chi connectivity index (χ3v) is 6.99. The fraction of sp³-hybridized carbons (Fsp3) is 0.267. The molecule has 13 heteroatoms. The number of carbonyl (C=O) groups is 4. The number of nitro benzene ring substituents is 1. The minimum absolute atomic E-state index is 0.0319. The normalized spacial score (nSPS) is 21.3. The van der Waals surface area contributed by atoms with E-state index in [0.717, 1.165) is 11.1 Å². The van der Waals surface area contributed by atoms with Crippen LogP contribution < -0.4 is 5.32 Å². The number of amides is 2. The minimum Gasteiger partial charge on any atom is -0.456 e. The topological polar surface area (TPSA) is 164 Å². The number of hydrogen-bond donors (Lipinski definition) is 1. The van der Waals surface area contributed by atoms with Crippen LogP contribution >= 0.6 is 0 Å². The van der Waals surface area contributed by atoms with Crippen molar-refractivity contribution < 1.29 is 43.1 Å². The Hall–Kier alpha value is -5.30. The Bertz CT molecular complexity index is 1500. The number of esters is 2. The van der Waals surface area contributed by atoms with Crippen molar-refractivity contribution in [2.24, 2.45) is 5.92 Å². The summed E-state index contributed by atoms with van der Waals surface area (Å²) in [5, 5.41) is 14.0. The molecule has 3 aromatic rings. The molecule has 2 fully saturated rings. The maximum absolute atomic E-state index is 13.6. The van der Waals surface area contributed by atoms with Crippen LogP contribution in [0.25, 0.3) is 0 Å². The van der Waals surface area contributed by atoms with Gasteiger partial charge in [0.1, 0.15) is 25.9 Å². The lowest BCUT2D eigenvalue weighted by atomic mass is 9.93. The van der Waals surface area contributed by atoms with Gasteiger partial charge in [0, 0.05) is 18.6 Å². The van der Waals surface area contributed by atoms with Crippen molar-refractivity contribution in [1.29, 1.82) is 0 Å². The number of non-ortho nitro benzene ring substituents is 1. The van der Waals surface area contributed by atoms with Gasteiger partial charge in [-0.2, -0.15) is 5.06 Å². The summed E-state index contributed by atoms with van der Waals surface area (Å²) in [4.78, 5) is 68.4. The monoisotopic (exact) mass is 589 g/mol. The molecule has 0 radical (unpaired) electrons. The Morgan fingerprint density at radius 1 is 0.907 bits per heavy atom. The highest BCUT2D eigenvalue weighted by Gasteiger charge is 2.62. The lowest BCUT2D eigenvalue weighted by Crippen LogP contribution is -2.57. The van der Waals surface area contributed by atoms with Gasteiger partial charge in [0.05, 0.1) is 10.8 Å². The number of hydrogen-bond acceptors (Lipinski definition) is 10. The molecule has 0 saturated carbocycles. The first kappa shape index (κ1) is 29.2. The van der Waals surface area contributed by atoms with Gasteiger partial charge in [-0.05, 0) is 35.2 Å². The van der Waals surface area contributed by atoms with Crippen LogP contribution in [0.2, 0.25) is 0 Å². The highest BCUT2D eigenvalue weighted by molar-refractivity contribution is 5.94. The molecular formula is C30H27N3O10. The van der Waals surface area contributed by atoms with E-state index in [1.807, 2.05) is 36.4 Å². The Balaban J connectivity index is 1.31. The van der Waals surface area contributed by atoms with E-state index in [9.17, 15) is 29.3 Å². The zero-order chi connectivity index (χ0) is 30.4. The van der Waals surface area contributed by atoms with Crippen LogP contribution in [0, 0.1) is 16.0 Å². The first-order valence-electron chi connectivity index (χ1n) is 13.4. The number of carbonyl (C=O) groups excluding carboxylic acids is 4. The average molecular weight is 590 g/mol. The van der Waals surface area contributed by atoms with Gasteiger partial charge in [-0.15, -0.1) is 0 Å². The summed E-state index contributed by atoms with van der Waals surface area (Å²) in [7, 11) is 0. The number of ether oxygens (including phenoxy) is 3. The molecule has 0 bridgehead atoms. The molecule has 2 aliphatic rings. The summed E-state index contributed by atoms with van der Waals surface area (Å²) in [5.41, 5.74) is -0.427. The van der Waals surface area contributed by atoms with Gasteiger partial charge in [0.25, 0.3) is 11.6 Å². The predicted octanol–water partition coefficient (Wildman–Crippen LogP) is 3.21. The van der Waals surface area contributed by atoms with Gasteiger partial charge in [0.2, 0.25) is 0 Å². The molecule has 2 heterocycles. The van der Waals surface area contributed by atoms with Gasteiger partial charge in [-0.1, -0.05) is 60.7 Å². The molecule has 43 heavy (non-hydrogen) atoms. The largest absolute Gasteiger partial charge is 0.456 e. The summed E-state index contributed by atoms with van der Waals surface area (Å²) in [5.74, 6) is -3.45. The van der Waals surface area contributed by atoms with Crippen molar-refractivity contribution in [1.82, 2.24) is 10.4 Å². The maximum atomic E-state index is 13.6. The fourth-order valence-electron chi connectivity index (χ4n) is 4.79. The highest BCUT2D eigenvalue weighted by Crippen LogP contribution is 2.39. The SMILES string of the molecule is O=C(N[C@H]1CON(C2(C(=O)OCc3ccc([N+](=O)[O-])cc3)CC(Cc3ccccc3)C(=O)O2)C1=O)OCc1ccccc1. The van der Waals surface area contributed by atoms with Gasteiger partial charge in [-0.25, -0.2) is 9.59 Å². The molecule has 13 nitrogen and oxygen atoms in total.